The maximum absolute atomic E-state index is 12.9. The lowest BCUT2D eigenvalue weighted by Crippen LogP contribution is -2.14. The molecule has 2 heterocycles. The van der Waals surface area contributed by atoms with Gasteiger partial charge in [0.15, 0.2) is 5.65 Å². The SMILES string of the molecule is COc1ccc2nc(-c3ccc(NS(=O)(=O)c4cc(C)c(C)cc4C)cc3)cn2n1. The number of hydrogen-bond donors (Lipinski definition) is 1. The van der Waals surface area contributed by atoms with E-state index in [0.29, 0.717) is 17.2 Å². The van der Waals surface area contributed by atoms with Crippen LogP contribution in [0.25, 0.3) is 16.9 Å². The fourth-order valence-corrected chi connectivity index (χ4v) is 4.63. The Morgan fingerprint density at radius 1 is 0.933 bits per heavy atom. The van der Waals surface area contributed by atoms with E-state index in [4.69, 9.17) is 4.74 Å². The average Bonchev–Trinajstić information content (AvgIpc) is 3.14. The zero-order chi connectivity index (χ0) is 21.5. The third-order valence-electron chi connectivity index (χ3n) is 5.02. The van der Waals surface area contributed by atoms with E-state index in [1.807, 2.05) is 38.1 Å². The number of ether oxygens (including phenoxy) is 1. The Hall–Kier alpha value is -3.39. The molecule has 8 heteroatoms. The van der Waals surface area contributed by atoms with Crippen LogP contribution in [0.5, 0.6) is 5.88 Å². The largest absolute Gasteiger partial charge is 0.480 e. The number of nitrogens with one attached hydrogen (secondary N) is 1. The highest BCUT2D eigenvalue weighted by Gasteiger charge is 2.18. The molecule has 0 radical (unpaired) electrons. The molecule has 0 bridgehead atoms. The molecule has 0 aliphatic carbocycles. The summed E-state index contributed by atoms with van der Waals surface area (Å²) in [6, 6.07) is 14.3. The number of anilines is 1. The van der Waals surface area contributed by atoms with Crippen molar-refractivity contribution in [3.63, 3.8) is 0 Å². The van der Waals surface area contributed by atoms with Crippen molar-refractivity contribution in [1.82, 2.24) is 14.6 Å². The first-order valence-corrected chi connectivity index (χ1v) is 10.9. The van der Waals surface area contributed by atoms with Gasteiger partial charge in [0.05, 0.1) is 23.9 Å². The van der Waals surface area contributed by atoms with Gasteiger partial charge in [-0.1, -0.05) is 18.2 Å². The molecule has 4 rings (SSSR count). The van der Waals surface area contributed by atoms with E-state index in [2.05, 4.69) is 14.8 Å². The molecule has 0 aliphatic rings. The first-order valence-electron chi connectivity index (χ1n) is 9.38. The molecule has 0 fully saturated rings. The van der Waals surface area contributed by atoms with Crippen molar-refractivity contribution in [3.8, 4) is 17.1 Å². The Labute approximate surface area is 175 Å². The number of fused-ring (bicyclic) bond motifs is 1. The maximum atomic E-state index is 12.9. The van der Waals surface area contributed by atoms with Gasteiger partial charge in [-0.15, -0.1) is 5.10 Å². The van der Waals surface area contributed by atoms with Crippen molar-refractivity contribution in [1.29, 1.82) is 0 Å². The van der Waals surface area contributed by atoms with Crippen molar-refractivity contribution >= 4 is 21.4 Å². The number of methoxy groups -OCH3 is 1. The van der Waals surface area contributed by atoms with Gasteiger partial charge >= 0.3 is 0 Å². The number of rotatable bonds is 5. The highest BCUT2D eigenvalue weighted by Crippen LogP contribution is 2.25. The Kier molecular flexibility index (Phi) is 4.95. The summed E-state index contributed by atoms with van der Waals surface area (Å²) in [6.45, 7) is 5.67. The minimum Gasteiger partial charge on any atom is -0.480 e. The molecule has 2 aromatic carbocycles. The molecule has 0 atom stereocenters. The standard InChI is InChI=1S/C22H22N4O3S/c1-14-11-16(3)20(12-15(14)2)30(27,28)25-18-7-5-17(6-8-18)19-13-26-21(23-19)9-10-22(24-26)29-4/h5-13,25H,1-4H3. The van der Waals surface area contributed by atoms with E-state index in [0.717, 1.165) is 27.9 Å². The number of imidazole rings is 1. The summed E-state index contributed by atoms with van der Waals surface area (Å²) in [7, 11) is -2.12. The van der Waals surface area contributed by atoms with Crippen molar-refractivity contribution in [2.75, 3.05) is 11.8 Å². The van der Waals surface area contributed by atoms with Gasteiger partial charge < -0.3 is 4.74 Å². The van der Waals surface area contributed by atoms with Crippen LogP contribution < -0.4 is 9.46 Å². The number of nitrogens with zero attached hydrogens (tertiary/aromatic N) is 3. The van der Waals surface area contributed by atoms with Gasteiger partial charge in [0.1, 0.15) is 0 Å². The van der Waals surface area contributed by atoms with E-state index in [-0.39, 0.29) is 4.90 Å². The molecule has 7 nitrogen and oxygen atoms in total. The molecule has 1 N–H and O–H groups in total. The van der Waals surface area contributed by atoms with Crippen LogP contribution in [0.3, 0.4) is 0 Å². The molecule has 0 saturated heterocycles. The molecule has 0 unspecified atom stereocenters. The number of hydrogen-bond acceptors (Lipinski definition) is 5. The highest BCUT2D eigenvalue weighted by molar-refractivity contribution is 7.92. The van der Waals surface area contributed by atoms with Crippen LogP contribution in [0.15, 0.2) is 59.6 Å². The van der Waals surface area contributed by atoms with Crippen molar-refractivity contribution in [2.45, 2.75) is 25.7 Å². The fourth-order valence-electron chi connectivity index (χ4n) is 3.26. The Bertz CT molecular complexity index is 1340. The van der Waals surface area contributed by atoms with E-state index >= 15 is 0 Å². The normalized spacial score (nSPS) is 11.6. The number of sulfonamides is 1. The molecular weight excluding hydrogens is 400 g/mol. The zero-order valence-corrected chi connectivity index (χ0v) is 18.0. The van der Waals surface area contributed by atoms with Crippen LogP contribution >= 0.6 is 0 Å². The van der Waals surface area contributed by atoms with Crippen molar-refractivity contribution in [3.05, 3.63) is 71.4 Å². The fraction of sp³-hybridized carbons (Fsp3) is 0.182. The second-order valence-electron chi connectivity index (χ2n) is 7.19. The molecular formula is C22H22N4O3S. The van der Waals surface area contributed by atoms with Crippen LogP contribution in [-0.4, -0.2) is 30.1 Å². The van der Waals surface area contributed by atoms with Gasteiger partial charge in [0, 0.05) is 17.3 Å². The summed E-state index contributed by atoms with van der Waals surface area (Å²) in [5.41, 5.74) is 5.49. The average molecular weight is 423 g/mol. The maximum Gasteiger partial charge on any atom is 0.262 e. The molecule has 0 saturated carbocycles. The lowest BCUT2D eigenvalue weighted by Gasteiger charge is -2.13. The zero-order valence-electron chi connectivity index (χ0n) is 17.2. The predicted molar refractivity (Wildman–Crippen MR) is 116 cm³/mol. The topological polar surface area (TPSA) is 85.6 Å². The van der Waals surface area contributed by atoms with Gasteiger partial charge in [-0.3, -0.25) is 4.72 Å². The molecule has 154 valence electrons. The van der Waals surface area contributed by atoms with Crippen LogP contribution in [0.1, 0.15) is 16.7 Å². The summed E-state index contributed by atoms with van der Waals surface area (Å²) >= 11 is 0. The highest BCUT2D eigenvalue weighted by atomic mass is 32.2. The molecule has 30 heavy (non-hydrogen) atoms. The Balaban J connectivity index is 1.60. The number of benzene rings is 2. The third kappa shape index (κ3) is 3.73. The smallest absolute Gasteiger partial charge is 0.262 e. The molecule has 0 spiro atoms. The van der Waals surface area contributed by atoms with Crippen molar-refractivity contribution in [2.24, 2.45) is 0 Å². The van der Waals surface area contributed by atoms with Gasteiger partial charge in [-0.2, -0.15) is 0 Å². The number of aryl methyl sites for hydroxylation is 3. The molecule has 0 aliphatic heterocycles. The monoisotopic (exact) mass is 422 g/mol. The van der Waals surface area contributed by atoms with E-state index in [1.165, 1.54) is 0 Å². The Morgan fingerprint density at radius 3 is 2.33 bits per heavy atom. The van der Waals surface area contributed by atoms with E-state index in [9.17, 15) is 8.42 Å². The summed E-state index contributed by atoms with van der Waals surface area (Å²) in [5, 5.41) is 4.30. The van der Waals surface area contributed by atoms with Crippen LogP contribution in [0, 0.1) is 20.8 Å². The minimum absolute atomic E-state index is 0.287. The van der Waals surface area contributed by atoms with Gasteiger partial charge in [0.25, 0.3) is 10.0 Å². The van der Waals surface area contributed by atoms with Gasteiger partial charge in [-0.25, -0.2) is 17.9 Å². The number of aromatic nitrogens is 3. The molecule has 2 aromatic heterocycles. The van der Waals surface area contributed by atoms with E-state index in [1.54, 1.807) is 49.0 Å². The van der Waals surface area contributed by atoms with Crippen LogP contribution in [0.2, 0.25) is 0 Å². The summed E-state index contributed by atoms with van der Waals surface area (Å²) < 4.78 is 35.2. The van der Waals surface area contributed by atoms with Gasteiger partial charge in [0.2, 0.25) is 5.88 Å². The quantitative estimate of drug-likeness (QED) is 0.523. The molecule has 0 amide bonds. The predicted octanol–water partition coefficient (Wildman–Crippen LogP) is 4.13. The van der Waals surface area contributed by atoms with Crippen molar-refractivity contribution < 1.29 is 13.2 Å². The summed E-state index contributed by atoms with van der Waals surface area (Å²) in [4.78, 5) is 4.83. The first-order chi connectivity index (χ1) is 14.3. The summed E-state index contributed by atoms with van der Waals surface area (Å²) in [6.07, 6.45) is 1.80. The molecule has 4 aromatic rings. The van der Waals surface area contributed by atoms with E-state index < -0.39 is 10.0 Å². The Morgan fingerprint density at radius 2 is 1.63 bits per heavy atom. The first kappa shape index (κ1) is 19.9. The van der Waals surface area contributed by atoms with Crippen LogP contribution in [-0.2, 0) is 10.0 Å². The lowest BCUT2D eigenvalue weighted by molar-refractivity contribution is 0.390. The minimum atomic E-state index is -3.68. The van der Waals surface area contributed by atoms with Crippen LogP contribution in [0.4, 0.5) is 5.69 Å². The second-order valence-corrected chi connectivity index (χ2v) is 8.84. The van der Waals surface area contributed by atoms with Gasteiger partial charge in [-0.05, 0) is 61.7 Å². The summed E-state index contributed by atoms with van der Waals surface area (Å²) in [5.74, 6) is 0.498. The lowest BCUT2D eigenvalue weighted by atomic mass is 10.1. The third-order valence-corrected chi connectivity index (χ3v) is 6.54. The second kappa shape index (κ2) is 7.46.